The second kappa shape index (κ2) is 6.07. The maximum Gasteiger partial charge on any atom is 0.127 e. The van der Waals surface area contributed by atoms with E-state index in [2.05, 4.69) is 0 Å². The van der Waals surface area contributed by atoms with E-state index in [0.717, 1.165) is 16.9 Å². The predicted molar refractivity (Wildman–Crippen MR) is 76.4 cm³/mol. The van der Waals surface area contributed by atoms with Gasteiger partial charge in [0, 0.05) is 5.56 Å². The van der Waals surface area contributed by atoms with Crippen molar-refractivity contribution in [2.45, 2.75) is 18.7 Å². The lowest BCUT2D eigenvalue weighted by molar-refractivity contribution is 0.414. The second-order valence-corrected chi connectivity index (χ2v) is 5.07. The van der Waals surface area contributed by atoms with Gasteiger partial charge in [-0.2, -0.15) is 0 Å². The average molecular weight is 279 g/mol. The first-order chi connectivity index (χ1) is 9.10. The van der Waals surface area contributed by atoms with Gasteiger partial charge < -0.3 is 4.74 Å². The lowest BCUT2D eigenvalue weighted by Crippen LogP contribution is -1.99. The quantitative estimate of drug-likeness (QED) is 0.739. The molecule has 100 valence electrons. The Kier molecular flexibility index (Phi) is 4.43. The van der Waals surface area contributed by atoms with Gasteiger partial charge in [-0.05, 0) is 37.1 Å². The van der Waals surface area contributed by atoms with E-state index in [0.29, 0.717) is 12.0 Å². The smallest absolute Gasteiger partial charge is 0.127 e. The van der Waals surface area contributed by atoms with E-state index in [-0.39, 0.29) is 11.2 Å². The Balaban J connectivity index is 2.15. The highest BCUT2D eigenvalue weighted by atomic mass is 35.5. The third-order valence-corrected chi connectivity index (χ3v) is 3.45. The van der Waals surface area contributed by atoms with E-state index in [4.69, 9.17) is 16.3 Å². The minimum Gasteiger partial charge on any atom is -0.497 e. The summed E-state index contributed by atoms with van der Waals surface area (Å²) in [5.41, 5.74) is 2.62. The van der Waals surface area contributed by atoms with Gasteiger partial charge in [0.05, 0.1) is 12.5 Å². The number of halogens is 2. The van der Waals surface area contributed by atoms with E-state index in [1.807, 2.05) is 31.2 Å². The van der Waals surface area contributed by atoms with Crippen molar-refractivity contribution in [2.24, 2.45) is 0 Å². The van der Waals surface area contributed by atoms with Gasteiger partial charge in [0.1, 0.15) is 11.6 Å². The monoisotopic (exact) mass is 278 g/mol. The molecule has 19 heavy (non-hydrogen) atoms. The molecular formula is C16H16ClFO. The molecule has 2 rings (SSSR count). The van der Waals surface area contributed by atoms with Gasteiger partial charge in [0.15, 0.2) is 0 Å². The number of rotatable bonds is 4. The molecule has 0 aliphatic heterocycles. The molecule has 1 unspecified atom stereocenters. The Morgan fingerprint density at radius 3 is 2.47 bits per heavy atom. The molecule has 0 aromatic heterocycles. The Morgan fingerprint density at radius 2 is 1.84 bits per heavy atom. The molecule has 0 bridgehead atoms. The van der Waals surface area contributed by atoms with Crippen LogP contribution in [0.3, 0.4) is 0 Å². The van der Waals surface area contributed by atoms with Crippen molar-refractivity contribution in [3.05, 3.63) is 65.0 Å². The molecule has 1 nitrogen and oxygen atoms in total. The zero-order valence-corrected chi connectivity index (χ0v) is 11.7. The summed E-state index contributed by atoms with van der Waals surface area (Å²) >= 11 is 6.32. The molecule has 0 spiro atoms. The summed E-state index contributed by atoms with van der Waals surface area (Å²) in [7, 11) is 1.63. The molecule has 2 aromatic carbocycles. The first kappa shape index (κ1) is 13.9. The van der Waals surface area contributed by atoms with Gasteiger partial charge in [-0.3, -0.25) is 0 Å². The number of methoxy groups -OCH3 is 1. The van der Waals surface area contributed by atoms with Crippen LogP contribution >= 0.6 is 11.6 Å². The van der Waals surface area contributed by atoms with Crippen molar-refractivity contribution in [1.82, 2.24) is 0 Å². The van der Waals surface area contributed by atoms with E-state index < -0.39 is 0 Å². The second-order valence-electron chi connectivity index (χ2n) is 4.54. The number of hydrogen-bond donors (Lipinski definition) is 0. The third kappa shape index (κ3) is 3.48. The van der Waals surface area contributed by atoms with Crippen LogP contribution in [0.25, 0.3) is 0 Å². The Morgan fingerprint density at radius 1 is 1.16 bits per heavy atom. The van der Waals surface area contributed by atoms with Crippen molar-refractivity contribution in [1.29, 1.82) is 0 Å². The van der Waals surface area contributed by atoms with E-state index in [9.17, 15) is 4.39 Å². The summed E-state index contributed by atoms with van der Waals surface area (Å²) in [6.07, 6.45) is 0.589. The van der Waals surface area contributed by atoms with Crippen LogP contribution in [0.15, 0.2) is 42.5 Å². The average Bonchev–Trinajstić information content (AvgIpc) is 2.42. The standard InChI is InChI=1S/C16H16ClFO/c1-11-3-8-16(18)14(9-11)15(17)10-12-4-6-13(19-2)7-5-12/h3-9,15H,10H2,1-2H3. The highest BCUT2D eigenvalue weighted by molar-refractivity contribution is 6.20. The zero-order valence-electron chi connectivity index (χ0n) is 11.0. The van der Waals surface area contributed by atoms with Crippen LogP contribution in [0.2, 0.25) is 0 Å². The highest BCUT2D eigenvalue weighted by Gasteiger charge is 2.14. The number of aryl methyl sites for hydroxylation is 1. The third-order valence-electron chi connectivity index (χ3n) is 3.06. The zero-order chi connectivity index (χ0) is 13.8. The fourth-order valence-corrected chi connectivity index (χ4v) is 2.33. The van der Waals surface area contributed by atoms with E-state index in [1.54, 1.807) is 19.2 Å². The van der Waals surface area contributed by atoms with Gasteiger partial charge in [-0.15, -0.1) is 11.6 Å². The van der Waals surface area contributed by atoms with Crippen LogP contribution in [0.5, 0.6) is 5.75 Å². The summed E-state index contributed by atoms with van der Waals surface area (Å²) in [6.45, 7) is 1.93. The fraction of sp³-hybridized carbons (Fsp3) is 0.250. The maximum atomic E-state index is 13.7. The number of alkyl halides is 1. The van der Waals surface area contributed by atoms with Crippen LogP contribution in [-0.4, -0.2) is 7.11 Å². The molecular weight excluding hydrogens is 263 g/mol. The molecule has 0 N–H and O–H groups in total. The summed E-state index contributed by atoms with van der Waals surface area (Å²) in [6, 6.07) is 12.7. The lowest BCUT2D eigenvalue weighted by Gasteiger charge is -2.12. The molecule has 0 aliphatic carbocycles. The van der Waals surface area contributed by atoms with Crippen molar-refractivity contribution in [2.75, 3.05) is 7.11 Å². The minimum atomic E-state index is -0.367. The number of benzene rings is 2. The summed E-state index contributed by atoms with van der Waals surface area (Å²) < 4.78 is 18.8. The molecule has 2 aromatic rings. The molecule has 3 heteroatoms. The van der Waals surface area contributed by atoms with Crippen molar-refractivity contribution in [3.8, 4) is 5.75 Å². The van der Waals surface area contributed by atoms with Crippen LogP contribution in [0.4, 0.5) is 4.39 Å². The number of ether oxygens (including phenoxy) is 1. The SMILES string of the molecule is COc1ccc(CC(Cl)c2cc(C)ccc2F)cc1. The Labute approximate surface area is 118 Å². The highest BCUT2D eigenvalue weighted by Crippen LogP contribution is 2.28. The van der Waals surface area contributed by atoms with Gasteiger partial charge in [0.2, 0.25) is 0 Å². The molecule has 0 fully saturated rings. The van der Waals surface area contributed by atoms with Crippen LogP contribution in [-0.2, 0) is 6.42 Å². The van der Waals surface area contributed by atoms with Gasteiger partial charge >= 0.3 is 0 Å². The summed E-state index contributed by atoms with van der Waals surface area (Å²) in [5.74, 6) is 0.552. The largest absolute Gasteiger partial charge is 0.497 e. The molecule has 0 amide bonds. The molecule has 0 aliphatic rings. The Bertz CT molecular complexity index is 551. The van der Waals surface area contributed by atoms with Crippen molar-refractivity contribution in [3.63, 3.8) is 0 Å². The van der Waals surface area contributed by atoms with Crippen LogP contribution in [0.1, 0.15) is 22.1 Å². The number of hydrogen-bond acceptors (Lipinski definition) is 1. The lowest BCUT2D eigenvalue weighted by atomic mass is 10.0. The van der Waals surface area contributed by atoms with Gasteiger partial charge in [0.25, 0.3) is 0 Å². The minimum absolute atomic E-state index is 0.251. The normalized spacial score (nSPS) is 12.2. The van der Waals surface area contributed by atoms with Crippen LogP contribution in [0, 0.1) is 12.7 Å². The van der Waals surface area contributed by atoms with Crippen LogP contribution < -0.4 is 4.74 Å². The first-order valence-electron chi connectivity index (χ1n) is 6.13. The topological polar surface area (TPSA) is 9.23 Å². The Hall–Kier alpha value is -1.54. The molecule has 0 heterocycles. The predicted octanol–water partition coefficient (Wildman–Crippen LogP) is 4.67. The van der Waals surface area contributed by atoms with E-state index in [1.165, 1.54) is 6.07 Å². The van der Waals surface area contributed by atoms with Gasteiger partial charge in [-0.1, -0.05) is 29.8 Å². The van der Waals surface area contributed by atoms with Crippen molar-refractivity contribution >= 4 is 11.6 Å². The first-order valence-corrected chi connectivity index (χ1v) is 6.57. The fourth-order valence-electron chi connectivity index (χ4n) is 1.98. The summed E-state index contributed by atoms with van der Waals surface area (Å²) in [5, 5.41) is -0.367. The van der Waals surface area contributed by atoms with E-state index >= 15 is 0 Å². The molecule has 1 atom stereocenters. The van der Waals surface area contributed by atoms with Crippen molar-refractivity contribution < 1.29 is 9.13 Å². The summed E-state index contributed by atoms with van der Waals surface area (Å²) in [4.78, 5) is 0. The maximum absolute atomic E-state index is 13.7. The molecule has 0 radical (unpaired) electrons. The molecule has 0 saturated carbocycles. The van der Waals surface area contributed by atoms with Gasteiger partial charge in [-0.25, -0.2) is 4.39 Å². The molecule has 0 saturated heterocycles.